The smallest absolute Gasteiger partial charge is 0.410 e. The van der Waals surface area contributed by atoms with Crippen molar-refractivity contribution < 1.29 is 29.0 Å². The van der Waals surface area contributed by atoms with Gasteiger partial charge in [-0.1, -0.05) is 61.7 Å². The van der Waals surface area contributed by atoms with Crippen molar-refractivity contribution >= 4 is 35.5 Å². The summed E-state index contributed by atoms with van der Waals surface area (Å²) in [6.07, 6.45) is 4.72. The zero-order valence-corrected chi connectivity index (χ0v) is 23.9. The van der Waals surface area contributed by atoms with E-state index in [1.807, 2.05) is 48.5 Å². The highest BCUT2D eigenvalue weighted by Gasteiger charge is 2.28. The Morgan fingerprint density at radius 1 is 1.02 bits per heavy atom. The normalized spacial score (nSPS) is 15.3. The third kappa shape index (κ3) is 10.4. The van der Waals surface area contributed by atoms with Gasteiger partial charge >= 0.3 is 18.0 Å². The third-order valence-corrected chi connectivity index (χ3v) is 8.21. The molecule has 9 nitrogen and oxygen atoms in total. The number of ether oxygens (including phenoxy) is 2. The van der Waals surface area contributed by atoms with Crippen molar-refractivity contribution in [3.8, 4) is 0 Å². The van der Waals surface area contributed by atoms with Crippen LogP contribution in [0.15, 0.2) is 59.5 Å². The summed E-state index contributed by atoms with van der Waals surface area (Å²) in [4.78, 5) is 39.6. The van der Waals surface area contributed by atoms with E-state index >= 15 is 0 Å². The van der Waals surface area contributed by atoms with Gasteiger partial charge in [0.25, 0.3) is 0 Å². The highest BCUT2D eigenvalue weighted by atomic mass is 32.2. The van der Waals surface area contributed by atoms with Crippen LogP contribution in [0.4, 0.5) is 10.5 Å². The second-order valence-electron chi connectivity index (χ2n) is 9.97. The molecule has 40 heavy (non-hydrogen) atoms. The number of likely N-dealkylation sites (tertiary alicyclic amines) is 1. The molecule has 3 rings (SSSR count). The molecular weight excluding hydrogens is 530 g/mol. The van der Waals surface area contributed by atoms with Gasteiger partial charge in [0.15, 0.2) is 0 Å². The van der Waals surface area contributed by atoms with Crippen LogP contribution in [-0.4, -0.2) is 65.6 Å². The van der Waals surface area contributed by atoms with Gasteiger partial charge in [-0.2, -0.15) is 0 Å². The Morgan fingerprint density at radius 3 is 2.40 bits per heavy atom. The topological polar surface area (TPSA) is 131 Å². The molecule has 0 aromatic heterocycles. The van der Waals surface area contributed by atoms with Crippen LogP contribution in [0.2, 0.25) is 0 Å². The highest BCUT2D eigenvalue weighted by molar-refractivity contribution is 7.99. The summed E-state index contributed by atoms with van der Waals surface area (Å²) >= 11 is 1.34. The lowest BCUT2D eigenvalue weighted by Crippen LogP contribution is -2.49. The molecule has 1 unspecified atom stereocenters. The summed E-state index contributed by atoms with van der Waals surface area (Å²) < 4.78 is 10.7. The Balaban J connectivity index is 1.40. The van der Waals surface area contributed by atoms with Gasteiger partial charge in [0.05, 0.1) is 6.61 Å². The van der Waals surface area contributed by atoms with Crippen LogP contribution < -0.4 is 11.1 Å². The Bertz CT molecular complexity index is 1080. The lowest BCUT2D eigenvalue weighted by Gasteiger charge is -2.31. The number of thioether (sulfide) groups is 1. The lowest BCUT2D eigenvalue weighted by atomic mass is 9.91. The van der Waals surface area contributed by atoms with Gasteiger partial charge in [0.2, 0.25) is 0 Å². The van der Waals surface area contributed by atoms with Crippen molar-refractivity contribution in [3.05, 3.63) is 60.2 Å². The van der Waals surface area contributed by atoms with Crippen molar-refractivity contribution in [1.82, 2.24) is 10.2 Å². The van der Waals surface area contributed by atoms with E-state index < -0.39 is 24.0 Å². The van der Waals surface area contributed by atoms with Crippen molar-refractivity contribution in [2.24, 2.45) is 5.92 Å². The predicted octanol–water partition coefficient (Wildman–Crippen LogP) is 4.94. The number of esters is 1. The SMILES string of the molecule is CCOC(=O)C(CCCCC1CCN(C(=O)OCc2ccccc2)CC1)N[C@@H](CSc1ccccc1N)C(=O)O. The second-order valence-corrected chi connectivity index (χ2v) is 11.0. The number of aliphatic carboxylic acids is 1. The molecule has 2 aromatic rings. The van der Waals surface area contributed by atoms with Crippen molar-refractivity contribution in [3.63, 3.8) is 0 Å². The minimum atomic E-state index is -1.02. The quantitative estimate of drug-likeness (QED) is 0.118. The molecule has 1 amide bonds. The molecule has 1 fully saturated rings. The molecule has 1 aliphatic heterocycles. The first-order valence-electron chi connectivity index (χ1n) is 14.0. The van der Waals surface area contributed by atoms with Crippen molar-refractivity contribution in [2.45, 2.75) is 69.0 Å². The number of unbranched alkanes of at least 4 members (excludes halogenated alkanes) is 1. The van der Waals surface area contributed by atoms with Crippen LogP contribution in [0.5, 0.6) is 0 Å². The van der Waals surface area contributed by atoms with Gasteiger partial charge in [-0.05, 0) is 49.8 Å². The maximum atomic E-state index is 12.6. The van der Waals surface area contributed by atoms with Crippen LogP contribution in [0.1, 0.15) is 51.0 Å². The number of piperidine rings is 1. The van der Waals surface area contributed by atoms with Crippen molar-refractivity contribution in [1.29, 1.82) is 0 Å². The van der Waals surface area contributed by atoms with E-state index in [-0.39, 0.29) is 25.1 Å². The average molecular weight is 572 g/mol. The third-order valence-electron chi connectivity index (χ3n) is 7.03. The number of carbonyl (C=O) groups excluding carboxylic acids is 2. The van der Waals surface area contributed by atoms with Crippen LogP contribution >= 0.6 is 11.8 Å². The fourth-order valence-corrected chi connectivity index (χ4v) is 5.72. The number of carboxylic acids is 1. The van der Waals surface area contributed by atoms with E-state index in [2.05, 4.69) is 5.32 Å². The molecule has 2 aromatic carbocycles. The minimum Gasteiger partial charge on any atom is -0.480 e. The van der Waals surface area contributed by atoms with Gasteiger partial charge in [0, 0.05) is 29.4 Å². The van der Waals surface area contributed by atoms with E-state index in [1.165, 1.54) is 11.8 Å². The fourth-order valence-electron chi connectivity index (χ4n) is 4.73. The monoisotopic (exact) mass is 571 g/mol. The molecule has 0 radical (unpaired) electrons. The summed E-state index contributed by atoms with van der Waals surface area (Å²) in [5, 5.41) is 12.8. The molecule has 0 spiro atoms. The number of amides is 1. The zero-order valence-electron chi connectivity index (χ0n) is 23.1. The van der Waals surface area contributed by atoms with Gasteiger partial charge in [-0.3, -0.25) is 14.9 Å². The number of nitrogens with two attached hydrogens (primary N) is 1. The van der Waals surface area contributed by atoms with E-state index in [0.717, 1.165) is 42.6 Å². The summed E-state index contributed by atoms with van der Waals surface area (Å²) in [7, 11) is 0. The van der Waals surface area contributed by atoms with E-state index in [0.29, 0.717) is 31.1 Å². The van der Waals surface area contributed by atoms with Crippen LogP contribution in [-0.2, 0) is 25.7 Å². The lowest BCUT2D eigenvalue weighted by molar-refractivity contribution is -0.147. The Hall–Kier alpha value is -3.24. The summed E-state index contributed by atoms with van der Waals surface area (Å²) in [5.41, 5.74) is 7.54. The van der Waals surface area contributed by atoms with E-state index in [4.69, 9.17) is 15.2 Å². The Morgan fingerprint density at radius 2 is 1.73 bits per heavy atom. The predicted molar refractivity (Wildman–Crippen MR) is 156 cm³/mol. The number of nitrogens with zero attached hydrogens (tertiary/aromatic N) is 1. The van der Waals surface area contributed by atoms with Crippen LogP contribution in [0.25, 0.3) is 0 Å². The number of hydrogen-bond acceptors (Lipinski definition) is 8. The number of anilines is 1. The number of rotatable bonds is 15. The molecule has 1 aliphatic rings. The second kappa shape index (κ2) is 16.8. The van der Waals surface area contributed by atoms with Gasteiger partial charge in [0.1, 0.15) is 18.7 Å². The molecule has 10 heteroatoms. The molecule has 218 valence electrons. The largest absolute Gasteiger partial charge is 0.480 e. The number of hydrogen-bond donors (Lipinski definition) is 3. The number of carboxylic acid groups (broad SMARTS) is 1. The molecule has 1 heterocycles. The van der Waals surface area contributed by atoms with Crippen LogP contribution in [0, 0.1) is 5.92 Å². The first-order valence-corrected chi connectivity index (χ1v) is 14.9. The van der Waals surface area contributed by atoms with Gasteiger partial charge in [-0.25, -0.2) is 4.79 Å². The standard InChI is InChI=1S/C30H41N3O6S/c1-2-38-29(36)25(32-26(28(34)35)21-40-27-15-9-7-13-24(27)31)14-8-6-10-22-16-18-33(19-17-22)30(37)39-20-23-11-4-3-5-12-23/h3-5,7,9,11-13,15,22,25-26,32H,2,6,8,10,14,16-21,31H2,1H3,(H,34,35)/t25?,26-/m0/s1. The number of para-hydroxylation sites is 1. The maximum Gasteiger partial charge on any atom is 0.410 e. The molecule has 0 saturated carbocycles. The van der Waals surface area contributed by atoms with E-state index in [9.17, 15) is 19.5 Å². The summed E-state index contributed by atoms with van der Waals surface area (Å²) in [5.74, 6) is -0.719. The number of nitrogens with one attached hydrogen (secondary N) is 1. The molecule has 0 bridgehead atoms. The molecular formula is C30H41N3O6S. The van der Waals surface area contributed by atoms with Gasteiger partial charge in [-0.15, -0.1) is 11.8 Å². The number of nitrogen functional groups attached to an aromatic ring is 1. The number of benzene rings is 2. The average Bonchev–Trinajstić information content (AvgIpc) is 2.96. The van der Waals surface area contributed by atoms with Crippen molar-refractivity contribution in [2.75, 3.05) is 31.2 Å². The first kappa shape index (κ1) is 31.3. The molecule has 1 saturated heterocycles. The highest BCUT2D eigenvalue weighted by Crippen LogP contribution is 2.26. The van der Waals surface area contributed by atoms with Gasteiger partial charge < -0.3 is 25.2 Å². The first-order chi connectivity index (χ1) is 19.4. The van der Waals surface area contributed by atoms with Crippen LogP contribution in [0.3, 0.4) is 0 Å². The molecule has 2 atom stereocenters. The van der Waals surface area contributed by atoms with E-state index in [1.54, 1.807) is 17.9 Å². The maximum absolute atomic E-state index is 12.6. The molecule has 4 N–H and O–H groups in total. The summed E-state index contributed by atoms with van der Waals surface area (Å²) in [6, 6.07) is 15.3. The molecule has 0 aliphatic carbocycles. The summed E-state index contributed by atoms with van der Waals surface area (Å²) in [6.45, 7) is 3.60. The Kier molecular flexibility index (Phi) is 13.1. The Labute approximate surface area is 240 Å². The zero-order chi connectivity index (χ0) is 28.7. The fraction of sp³-hybridized carbons (Fsp3) is 0.500. The minimum absolute atomic E-state index is 0.228. The number of carbonyl (C=O) groups is 3.